The maximum atomic E-state index is 13.8. The molecule has 1 saturated heterocycles. The van der Waals surface area contributed by atoms with Crippen molar-refractivity contribution in [1.82, 2.24) is 14.1 Å². The molecule has 0 radical (unpaired) electrons. The first-order chi connectivity index (χ1) is 19.1. The van der Waals surface area contributed by atoms with Gasteiger partial charge in [0.1, 0.15) is 12.4 Å². The molecule has 2 aliphatic heterocycles. The number of rotatable bonds is 8. The number of hydrogen-bond acceptors (Lipinski definition) is 6. The molecule has 2 heterocycles. The minimum absolute atomic E-state index is 0.0570. The van der Waals surface area contributed by atoms with E-state index < -0.39 is 10.0 Å². The Morgan fingerprint density at radius 2 is 1.73 bits per heavy atom. The molecule has 0 spiro atoms. The average molecular weight is 580 g/mol. The fourth-order valence-electron chi connectivity index (χ4n) is 5.73. The van der Waals surface area contributed by atoms with Crippen molar-refractivity contribution in [3.8, 4) is 5.75 Å². The van der Waals surface area contributed by atoms with Crippen LogP contribution in [0.15, 0.2) is 24.3 Å². The van der Waals surface area contributed by atoms with Crippen LogP contribution in [0.5, 0.6) is 5.75 Å². The maximum Gasteiger partial charge on any atom is 0.257 e. The summed E-state index contributed by atoms with van der Waals surface area (Å²) in [6.45, 7) is 7.92. The van der Waals surface area contributed by atoms with Crippen LogP contribution in [0.25, 0.3) is 0 Å². The highest BCUT2D eigenvalue weighted by Gasteiger charge is 2.31. The molecule has 1 aromatic carbocycles. The Morgan fingerprint density at radius 3 is 2.38 bits per heavy atom. The summed E-state index contributed by atoms with van der Waals surface area (Å²) in [5.41, 5.74) is 0.537. The Hall–Kier alpha value is -2.17. The molecule has 1 atom stereocenters. The number of carbonyl (C=O) groups is 2. The third-order valence-electron chi connectivity index (χ3n) is 7.99. The normalized spacial score (nSPS) is 21.1. The van der Waals surface area contributed by atoms with Crippen LogP contribution in [0.4, 0.5) is 0 Å². The van der Waals surface area contributed by atoms with Gasteiger partial charge in [0.05, 0.1) is 24.5 Å². The molecule has 9 nitrogen and oxygen atoms in total. The number of benzene rings is 1. The van der Waals surface area contributed by atoms with E-state index in [0.29, 0.717) is 82.4 Å². The molecule has 0 aliphatic carbocycles. The molecule has 2 amide bonds. The maximum absolute atomic E-state index is 13.8. The van der Waals surface area contributed by atoms with E-state index >= 15 is 0 Å². The number of hydrogen-bond donors (Lipinski definition) is 0. The summed E-state index contributed by atoms with van der Waals surface area (Å²) >= 11 is 0. The van der Waals surface area contributed by atoms with E-state index in [0.717, 1.165) is 32.1 Å². The van der Waals surface area contributed by atoms with Gasteiger partial charge in [0, 0.05) is 46.3 Å². The second-order valence-electron chi connectivity index (χ2n) is 11.7. The van der Waals surface area contributed by atoms with Crippen LogP contribution in [0, 0.1) is 11.8 Å². The van der Waals surface area contributed by atoms with Gasteiger partial charge < -0.3 is 19.3 Å². The summed E-state index contributed by atoms with van der Waals surface area (Å²) in [5.74, 6) is 1.15. The van der Waals surface area contributed by atoms with Crippen molar-refractivity contribution in [1.29, 1.82) is 0 Å². The SMILES string of the molecule is COCCN1CCCCCCN(C(=O)CC2CCN(S(C)(=O)=O)CC2)[C@@H](CC(C)C)COc2ccccc2C1=O. The minimum atomic E-state index is -3.20. The number of carbonyl (C=O) groups excluding carboxylic acids is 2. The van der Waals surface area contributed by atoms with Crippen molar-refractivity contribution in [2.24, 2.45) is 11.8 Å². The number of nitrogens with zero attached hydrogens (tertiary/aromatic N) is 3. The van der Waals surface area contributed by atoms with E-state index in [1.165, 1.54) is 10.6 Å². The van der Waals surface area contributed by atoms with Crippen LogP contribution in [0.1, 0.15) is 75.6 Å². The lowest BCUT2D eigenvalue weighted by molar-refractivity contribution is -0.136. The largest absolute Gasteiger partial charge is 0.491 e. The Labute approximate surface area is 241 Å². The smallest absolute Gasteiger partial charge is 0.257 e. The summed E-state index contributed by atoms with van der Waals surface area (Å²) in [6, 6.07) is 7.26. The van der Waals surface area contributed by atoms with Gasteiger partial charge in [-0.15, -0.1) is 0 Å². The number of fused-ring (bicyclic) bond motifs is 1. The van der Waals surface area contributed by atoms with Gasteiger partial charge in [-0.3, -0.25) is 9.59 Å². The van der Waals surface area contributed by atoms with E-state index in [1.54, 1.807) is 7.11 Å². The van der Waals surface area contributed by atoms with Crippen molar-refractivity contribution >= 4 is 21.8 Å². The average Bonchev–Trinajstić information content (AvgIpc) is 2.91. The number of methoxy groups -OCH3 is 1. The number of piperidine rings is 1. The lowest BCUT2D eigenvalue weighted by Crippen LogP contribution is -2.46. The van der Waals surface area contributed by atoms with Crippen molar-refractivity contribution in [3.63, 3.8) is 0 Å². The van der Waals surface area contributed by atoms with Gasteiger partial charge in [0.25, 0.3) is 5.91 Å². The van der Waals surface area contributed by atoms with Gasteiger partial charge in [-0.25, -0.2) is 12.7 Å². The summed E-state index contributed by atoms with van der Waals surface area (Å²) in [5, 5.41) is 0. The van der Waals surface area contributed by atoms with E-state index in [1.807, 2.05) is 34.1 Å². The monoisotopic (exact) mass is 579 g/mol. The Balaban J connectivity index is 1.79. The quantitative estimate of drug-likeness (QED) is 0.461. The molecule has 40 heavy (non-hydrogen) atoms. The topological polar surface area (TPSA) is 96.5 Å². The first-order valence-corrected chi connectivity index (χ1v) is 16.7. The van der Waals surface area contributed by atoms with Gasteiger partial charge in [0.15, 0.2) is 0 Å². The second kappa shape index (κ2) is 15.7. The molecular weight excluding hydrogens is 530 g/mol. The second-order valence-corrected chi connectivity index (χ2v) is 13.7. The Kier molecular flexibility index (Phi) is 12.7. The first kappa shape index (κ1) is 32.3. The molecule has 10 heteroatoms. The zero-order valence-electron chi connectivity index (χ0n) is 24.8. The van der Waals surface area contributed by atoms with Gasteiger partial charge in [-0.2, -0.15) is 0 Å². The highest BCUT2D eigenvalue weighted by Crippen LogP contribution is 2.26. The van der Waals surface area contributed by atoms with Crippen molar-refractivity contribution < 1.29 is 27.5 Å². The van der Waals surface area contributed by atoms with Crippen molar-refractivity contribution in [2.75, 3.05) is 59.3 Å². The third kappa shape index (κ3) is 9.73. The lowest BCUT2D eigenvalue weighted by atomic mass is 9.93. The number of para-hydroxylation sites is 1. The Bertz CT molecular complexity index is 1060. The zero-order valence-corrected chi connectivity index (χ0v) is 25.7. The van der Waals surface area contributed by atoms with Gasteiger partial charge in [-0.1, -0.05) is 38.8 Å². The van der Waals surface area contributed by atoms with Crippen LogP contribution in [0.2, 0.25) is 0 Å². The molecule has 0 saturated carbocycles. The van der Waals surface area contributed by atoms with Crippen molar-refractivity contribution in [3.05, 3.63) is 29.8 Å². The number of amides is 2. The van der Waals surface area contributed by atoms with Crippen LogP contribution in [-0.2, 0) is 19.6 Å². The molecule has 0 bridgehead atoms. The lowest BCUT2D eigenvalue weighted by Gasteiger charge is -2.36. The molecule has 2 aliphatic rings. The fraction of sp³-hybridized carbons (Fsp3) is 0.733. The molecule has 1 aromatic rings. The van der Waals surface area contributed by atoms with Gasteiger partial charge in [0.2, 0.25) is 15.9 Å². The highest BCUT2D eigenvalue weighted by atomic mass is 32.2. The van der Waals surface area contributed by atoms with E-state index in [4.69, 9.17) is 9.47 Å². The van der Waals surface area contributed by atoms with E-state index in [9.17, 15) is 18.0 Å². The number of sulfonamides is 1. The van der Waals surface area contributed by atoms with E-state index in [-0.39, 0.29) is 23.8 Å². The highest BCUT2D eigenvalue weighted by molar-refractivity contribution is 7.88. The van der Waals surface area contributed by atoms with Gasteiger partial charge >= 0.3 is 0 Å². The van der Waals surface area contributed by atoms with Crippen LogP contribution in [-0.4, -0.2) is 99.7 Å². The molecular formula is C30H49N3O6S. The molecule has 0 N–H and O–H groups in total. The summed E-state index contributed by atoms with van der Waals surface area (Å²) in [6.07, 6.45) is 7.63. The number of ether oxygens (including phenoxy) is 2. The predicted molar refractivity (Wildman–Crippen MR) is 157 cm³/mol. The molecule has 3 rings (SSSR count). The van der Waals surface area contributed by atoms with Crippen molar-refractivity contribution in [2.45, 2.75) is 71.3 Å². The van der Waals surface area contributed by atoms with Crippen LogP contribution in [0.3, 0.4) is 0 Å². The molecule has 0 aromatic heterocycles. The molecule has 0 unspecified atom stereocenters. The zero-order chi connectivity index (χ0) is 29.1. The Morgan fingerprint density at radius 1 is 1.05 bits per heavy atom. The minimum Gasteiger partial charge on any atom is -0.491 e. The van der Waals surface area contributed by atoms with E-state index in [2.05, 4.69) is 13.8 Å². The third-order valence-corrected chi connectivity index (χ3v) is 9.29. The summed E-state index contributed by atoms with van der Waals surface area (Å²) in [4.78, 5) is 31.2. The standard InChI is InChI=1S/C30H49N3O6S/c1-24(2)21-26-23-39-28-12-8-7-11-27(28)30(35)31(19-20-38-3)15-9-5-6-10-16-33(26)29(34)22-25-13-17-32(18-14-25)40(4,36)37/h7-8,11-12,24-26H,5-6,9-10,13-23H2,1-4H3/t26-/m0/s1. The summed E-state index contributed by atoms with van der Waals surface area (Å²) < 4.78 is 37.0. The predicted octanol–water partition coefficient (Wildman–Crippen LogP) is 4.03. The fourth-order valence-corrected chi connectivity index (χ4v) is 6.60. The van der Waals surface area contributed by atoms with Crippen LogP contribution < -0.4 is 4.74 Å². The first-order valence-electron chi connectivity index (χ1n) is 14.8. The molecule has 1 fully saturated rings. The summed E-state index contributed by atoms with van der Waals surface area (Å²) in [7, 11) is -1.55. The van der Waals surface area contributed by atoms with Crippen LogP contribution >= 0.6 is 0 Å². The van der Waals surface area contributed by atoms with Gasteiger partial charge in [-0.05, 0) is 56.1 Å². The molecule has 226 valence electrons.